The number of nitrogens with zero attached hydrogens (tertiary/aromatic N) is 2. The largest absolute Gasteiger partial charge is 0.384 e. The number of carbonyl (C=O) groups excluding carboxylic acids is 2. The third kappa shape index (κ3) is 2.75. The number of fused-ring (bicyclic) bond motifs is 6. The van der Waals surface area contributed by atoms with E-state index in [-0.39, 0.29) is 23.9 Å². The molecule has 5 heteroatoms. The van der Waals surface area contributed by atoms with Gasteiger partial charge in [0.05, 0.1) is 12.0 Å². The van der Waals surface area contributed by atoms with E-state index in [1.807, 2.05) is 0 Å². The van der Waals surface area contributed by atoms with Crippen LogP contribution in [0.5, 0.6) is 0 Å². The van der Waals surface area contributed by atoms with Crippen LogP contribution in [0.25, 0.3) is 0 Å². The molecule has 6 atom stereocenters. The van der Waals surface area contributed by atoms with Gasteiger partial charge in [-0.05, 0) is 38.5 Å². The number of nitrogens with one attached hydrogen (secondary N) is 1. The van der Waals surface area contributed by atoms with E-state index in [9.17, 15) is 9.59 Å². The Bertz CT molecular complexity index is 800. The molecule has 0 bridgehead atoms. The highest BCUT2D eigenvalue weighted by Gasteiger charge is 2.50. The van der Waals surface area contributed by atoms with Crippen molar-refractivity contribution in [3.8, 4) is 0 Å². The Morgan fingerprint density at radius 2 is 1.48 bits per heavy atom. The molecule has 156 valence electrons. The van der Waals surface area contributed by atoms with Crippen molar-refractivity contribution in [2.75, 3.05) is 0 Å². The van der Waals surface area contributed by atoms with Gasteiger partial charge in [0.15, 0.2) is 5.78 Å². The molecule has 6 aliphatic rings. The summed E-state index contributed by atoms with van der Waals surface area (Å²) in [6, 6.07) is 0.666. The summed E-state index contributed by atoms with van der Waals surface area (Å²) in [6.45, 7) is 0. The molecule has 0 aromatic rings. The number of aliphatic imine (C=N–C) groups is 1. The zero-order valence-electron chi connectivity index (χ0n) is 17.4. The molecule has 6 rings (SSSR count). The molecule has 0 aromatic carbocycles. The predicted molar refractivity (Wildman–Crippen MR) is 111 cm³/mol. The number of rotatable bonds is 0. The van der Waals surface area contributed by atoms with E-state index in [0.29, 0.717) is 30.1 Å². The van der Waals surface area contributed by atoms with Crippen LogP contribution in [-0.2, 0) is 9.59 Å². The van der Waals surface area contributed by atoms with Crippen molar-refractivity contribution >= 4 is 17.5 Å². The molecule has 3 heterocycles. The fourth-order valence-electron chi connectivity index (χ4n) is 7.29. The van der Waals surface area contributed by atoms with Crippen molar-refractivity contribution in [1.29, 1.82) is 0 Å². The van der Waals surface area contributed by atoms with Crippen LogP contribution in [-0.4, -0.2) is 40.6 Å². The Kier molecular flexibility index (Phi) is 4.35. The second-order valence-electron chi connectivity index (χ2n) is 10.2. The summed E-state index contributed by atoms with van der Waals surface area (Å²) in [4.78, 5) is 34.5. The summed E-state index contributed by atoms with van der Waals surface area (Å²) in [5.74, 6) is 2.12. The first-order valence-corrected chi connectivity index (χ1v) is 12.2. The van der Waals surface area contributed by atoms with Crippen LogP contribution in [0.15, 0.2) is 16.3 Å². The monoisotopic (exact) mass is 395 g/mol. The smallest absolute Gasteiger partial charge is 0.233 e. The maximum atomic E-state index is 13.7. The highest BCUT2D eigenvalue weighted by Crippen LogP contribution is 2.45. The topological polar surface area (TPSA) is 61.8 Å². The van der Waals surface area contributed by atoms with Gasteiger partial charge in [-0.1, -0.05) is 38.5 Å². The van der Waals surface area contributed by atoms with E-state index in [1.165, 1.54) is 37.8 Å². The first-order valence-electron chi connectivity index (χ1n) is 12.2. The summed E-state index contributed by atoms with van der Waals surface area (Å²) < 4.78 is 0. The SMILES string of the molecule is O=C1C2=C(NC3CCCCC13)C1CCCCC1N1C(=O)C3CCCCC3N=C1C2. The molecular weight excluding hydrogens is 362 g/mol. The second kappa shape index (κ2) is 6.95. The van der Waals surface area contributed by atoms with Crippen LogP contribution in [0.1, 0.15) is 83.5 Å². The number of carbonyl (C=O) groups is 2. The van der Waals surface area contributed by atoms with Crippen LogP contribution in [0.4, 0.5) is 0 Å². The lowest BCUT2D eigenvalue weighted by atomic mass is 9.72. The van der Waals surface area contributed by atoms with Gasteiger partial charge in [-0.15, -0.1) is 0 Å². The molecule has 1 N–H and O–H groups in total. The second-order valence-corrected chi connectivity index (χ2v) is 10.2. The van der Waals surface area contributed by atoms with Gasteiger partial charge < -0.3 is 5.32 Å². The molecular formula is C24H33N3O2. The van der Waals surface area contributed by atoms with E-state index in [2.05, 4.69) is 10.2 Å². The standard InChI is InChI=1S/C24H33N3O2/c28-23-14-7-1-4-10-18(14)26-22-16-9-3-6-12-20(16)27-21(13-17(22)23)25-19-11-5-2-8-15(19)24(27)29/h14-16,18-20,26H,1-13H2. The molecule has 0 spiro atoms. The van der Waals surface area contributed by atoms with Gasteiger partial charge in [-0.2, -0.15) is 0 Å². The number of ketones is 1. The minimum Gasteiger partial charge on any atom is -0.384 e. The molecule has 5 nitrogen and oxygen atoms in total. The lowest BCUT2D eigenvalue weighted by Crippen LogP contribution is -2.56. The number of hydrogen-bond donors (Lipinski definition) is 1. The number of amidine groups is 1. The molecule has 6 unspecified atom stereocenters. The third-order valence-electron chi connectivity index (χ3n) is 8.71. The Labute approximate surface area is 173 Å². The first-order chi connectivity index (χ1) is 14.2. The van der Waals surface area contributed by atoms with Crippen LogP contribution in [0, 0.1) is 17.8 Å². The Hall–Kier alpha value is -1.65. The van der Waals surface area contributed by atoms with E-state index in [1.54, 1.807) is 0 Å². The van der Waals surface area contributed by atoms with E-state index < -0.39 is 0 Å². The summed E-state index contributed by atoms with van der Waals surface area (Å²) in [5.41, 5.74) is 2.18. The number of hydrogen-bond acceptors (Lipinski definition) is 4. The van der Waals surface area contributed by atoms with Gasteiger partial charge in [0, 0.05) is 41.6 Å². The van der Waals surface area contributed by atoms with Gasteiger partial charge in [-0.3, -0.25) is 19.5 Å². The number of Topliss-reactive ketones (excluding diaryl/α,β-unsaturated/α-hetero) is 1. The van der Waals surface area contributed by atoms with Gasteiger partial charge in [0.2, 0.25) is 5.91 Å². The molecule has 3 saturated carbocycles. The van der Waals surface area contributed by atoms with Crippen LogP contribution < -0.4 is 5.32 Å². The minimum atomic E-state index is 0.0800. The van der Waals surface area contributed by atoms with Crippen molar-refractivity contribution < 1.29 is 9.59 Å². The van der Waals surface area contributed by atoms with Gasteiger partial charge in [-0.25, -0.2) is 0 Å². The molecule has 0 radical (unpaired) electrons. The lowest BCUT2D eigenvalue weighted by molar-refractivity contribution is -0.137. The molecule has 3 aliphatic heterocycles. The zero-order chi connectivity index (χ0) is 19.5. The van der Waals surface area contributed by atoms with Crippen LogP contribution >= 0.6 is 0 Å². The normalized spacial score (nSPS) is 41.8. The highest BCUT2D eigenvalue weighted by molar-refractivity contribution is 6.09. The van der Waals surface area contributed by atoms with Crippen molar-refractivity contribution in [3.05, 3.63) is 11.3 Å². The molecule has 1 amide bonds. The number of amides is 1. The lowest BCUT2D eigenvalue weighted by Gasteiger charge is -2.46. The van der Waals surface area contributed by atoms with E-state index in [0.717, 1.165) is 56.4 Å². The Morgan fingerprint density at radius 1 is 0.793 bits per heavy atom. The Morgan fingerprint density at radius 3 is 2.34 bits per heavy atom. The first kappa shape index (κ1) is 18.1. The average Bonchev–Trinajstić information content (AvgIpc) is 2.89. The minimum absolute atomic E-state index is 0.0800. The van der Waals surface area contributed by atoms with Crippen molar-refractivity contribution in [1.82, 2.24) is 10.2 Å². The molecule has 29 heavy (non-hydrogen) atoms. The maximum Gasteiger partial charge on any atom is 0.233 e. The summed E-state index contributed by atoms with van der Waals surface area (Å²) in [5, 5.41) is 3.88. The van der Waals surface area contributed by atoms with Gasteiger partial charge >= 0.3 is 0 Å². The summed E-state index contributed by atoms with van der Waals surface area (Å²) >= 11 is 0. The van der Waals surface area contributed by atoms with Crippen LogP contribution in [0.3, 0.4) is 0 Å². The Balaban J connectivity index is 1.45. The third-order valence-corrected chi connectivity index (χ3v) is 8.71. The highest BCUT2D eigenvalue weighted by atomic mass is 16.2. The molecule has 0 saturated heterocycles. The fraction of sp³-hybridized carbons (Fsp3) is 0.792. The summed E-state index contributed by atoms with van der Waals surface area (Å²) in [7, 11) is 0. The predicted octanol–water partition coefficient (Wildman–Crippen LogP) is 3.73. The maximum absolute atomic E-state index is 13.7. The molecule has 3 fully saturated rings. The van der Waals surface area contributed by atoms with Crippen LogP contribution in [0.2, 0.25) is 0 Å². The van der Waals surface area contributed by atoms with E-state index in [4.69, 9.17) is 4.99 Å². The average molecular weight is 396 g/mol. The van der Waals surface area contributed by atoms with E-state index >= 15 is 0 Å². The zero-order valence-corrected chi connectivity index (χ0v) is 17.4. The van der Waals surface area contributed by atoms with Crippen molar-refractivity contribution in [2.24, 2.45) is 22.7 Å². The quantitative estimate of drug-likeness (QED) is 0.680. The van der Waals surface area contributed by atoms with Gasteiger partial charge in [0.25, 0.3) is 0 Å². The molecule has 3 aliphatic carbocycles. The fourth-order valence-corrected chi connectivity index (χ4v) is 7.29. The van der Waals surface area contributed by atoms with Gasteiger partial charge in [0.1, 0.15) is 5.84 Å². The van der Waals surface area contributed by atoms with Crippen molar-refractivity contribution in [2.45, 2.75) is 102 Å². The molecule has 0 aromatic heterocycles. The van der Waals surface area contributed by atoms with Crippen molar-refractivity contribution in [3.63, 3.8) is 0 Å². The summed E-state index contributed by atoms with van der Waals surface area (Å²) in [6.07, 6.45) is 13.9.